The standard InChI is InChI=1S/C13H11N3O5S/c1-7-12(13(18)19)22-11(14-7)6-10(17)15-8-3-2-4-9(5-8)16(20)21/h2-5H,6H2,1H3,(H,15,17)(H,18,19). The van der Waals surface area contributed by atoms with Gasteiger partial charge in [0, 0.05) is 17.8 Å². The number of aryl methyl sites for hydroxylation is 1. The summed E-state index contributed by atoms with van der Waals surface area (Å²) in [6.07, 6.45) is -0.0958. The first-order valence-corrected chi connectivity index (χ1v) is 6.92. The van der Waals surface area contributed by atoms with Crippen LogP contribution in [0.25, 0.3) is 0 Å². The quantitative estimate of drug-likeness (QED) is 0.643. The van der Waals surface area contributed by atoms with Gasteiger partial charge in [0.1, 0.15) is 9.88 Å². The number of aromatic nitrogens is 1. The van der Waals surface area contributed by atoms with Crippen molar-refractivity contribution in [3.8, 4) is 0 Å². The van der Waals surface area contributed by atoms with Crippen LogP contribution in [0.1, 0.15) is 20.4 Å². The molecule has 0 aliphatic carbocycles. The molecule has 0 spiro atoms. The second-order valence-corrected chi connectivity index (χ2v) is 5.44. The van der Waals surface area contributed by atoms with Gasteiger partial charge < -0.3 is 10.4 Å². The summed E-state index contributed by atoms with van der Waals surface area (Å²) < 4.78 is 0. The van der Waals surface area contributed by atoms with Gasteiger partial charge in [-0.2, -0.15) is 0 Å². The molecule has 1 amide bonds. The fraction of sp³-hybridized carbons (Fsp3) is 0.154. The van der Waals surface area contributed by atoms with Gasteiger partial charge in [-0.05, 0) is 13.0 Å². The topological polar surface area (TPSA) is 122 Å². The Kier molecular flexibility index (Phi) is 4.47. The average molecular weight is 321 g/mol. The Morgan fingerprint density at radius 3 is 2.77 bits per heavy atom. The summed E-state index contributed by atoms with van der Waals surface area (Å²) in [7, 11) is 0. The molecule has 0 radical (unpaired) electrons. The molecule has 0 atom stereocenters. The normalized spacial score (nSPS) is 10.2. The first kappa shape index (κ1) is 15.6. The van der Waals surface area contributed by atoms with Crippen molar-refractivity contribution in [3.63, 3.8) is 0 Å². The van der Waals surface area contributed by atoms with E-state index in [9.17, 15) is 19.7 Å². The van der Waals surface area contributed by atoms with Crippen LogP contribution in [0.2, 0.25) is 0 Å². The number of carboxylic acid groups (broad SMARTS) is 1. The van der Waals surface area contributed by atoms with Crippen LogP contribution in [-0.2, 0) is 11.2 Å². The third-order valence-corrected chi connectivity index (χ3v) is 3.83. The first-order chi connectivity index (χ1) is 10.4. The lowest BCUT2D eigenvalue weighted by Crippen LogP contribution is -2.14. The fourth-order valence-corrected chi connectivity index (χ4v) is 2.67. The lowest BCUT2D eigenvalue weighted by Gasteiger charge is -2.03. The van der Waals surface area contributed by atoms with Crippen LogP contribution in [0.3, 0.4) is 0 Å². The Balaban J connectivity index is 2.07. The molecule has 0 saturated carbocycles. The maximum absolute atomic E-state index is 11.9. The minimum atomic E-state index is -1.08. The minimum absolute atomic E-state index is 0.0955. The summed E-state index contributed by atoms with van der Waals surface area (Å²) in [6.45, 7) is 1.56. The summed E-state index contributed by atoms with van der Waals surface area (Å²) in [5, 5.41) is 22.5. The highest BCUT2D eigenvalue weighted by atomic mass is 32.1. The third-order valence-electron chi connectivity index (χ3n) is 2.69. The van der Waals surface area contributed by atoms with Crippen LogP contribution in [-0.4, -0.2) is 26.9 Å². The smallest absolute Gasteiger partial charge is 0.347 e. The molecule has 2 rings (SSSR count). The van der Waals surface area contributed by atoms with Crippen LogP contribution in [0.5, 0.6) is 0 Å². The molecule has 0 aliphatic rings. The maximum Gasteiger partial charge on any atom is 0.347 e. The highest BCUT2D eigenvalue weighted by molar-refractivity contribution is 7.13. The van der Waals surface area contributed by atoms with Gasteiger partial charge in [-0.1, -0.05) is 6.07 Å². The van der Waals surface area contributed by atoms with Gasteiger partial charge in [0.05, 0.1) is 17.0 Å². The van der Waals surface area contributed by atoms with Crippen LogP contribution in [0.4, 0.5) is 11.4 Å². The van der Waals surface area contributed by atoms with E-state index in [1.54, 1.807) is 6.92 Å². The Labute approximate surface area is 128 Å². The van der Waals surface area contributed by atoms with Crippen molar-refractivity contribution in [2.45, 2.75) is 13.3 Å². The van der Waals surface area contributed by atoms with Gasteiger partial charge in [0.15, 0.2) is 0 Å². The summed E-state index contributed by atoms with van der Waals surface area (Å²) >= 11 is 0.935. The zero-order valence-corrected chi connectivity index (χ0v) is 12.2. The Hall–Kier alpha value is -2.81. The molecule has 8 nitrogen and oxygen atoms in total. The van der Waals surface area contributed by atoms with Gasteiger partial charge in [0.2, 0.25) is 5.91 Å². The second kappa shape index (κ2) is 6.31. The molecule has 114 valence electrons. The van der Waals surface area contributed by atoms with Gasteiger partial charge in [-0.15, -0.1) is 11.3 Å². The number of nitro groups is 1. The molecule has 2 N–H and O–H groups in total. The maximum atomic E-state index is 11.9. The number of carbonyl (C=O) groups is 2. The number of carbonyl (C=O) groups excluding carboxylic acids is 1. The Morgan fingerprint density at radius 1 is 1.45 bits per heavy atom. The van der Waals surface area contributed by atoms with Crippen molar-refractivity contribution >= 4 is 34.6 Å². The number of thiazole rings is 1. The first-order valence-electron chi connectivity index (χ1n) is 6.10. The molecule has 0 saturated heterocycles. The lowest BCUT2D eigenvalue weighted by molar-refractivity contribution is -0.384. The third kappa shape index (κ3) is 3.64. The number of aromatic carboxylic acids is 1. The van der Waals surface area contributed by atoms with Crippen molar-refractivity contribution in [2.75, 3.05) is 5.32 Å². The van der Waals surface area contributed by atoms with E-state index in [0.29, 0.717) is 16.4 Å². The highest BCUT2D eigenvalue weighted by Crippen LogP contribution is 2.20. The van der Waals surface area contributed by atoms with Crippen molar-refractivity contribution in [3.05, 3.63) is 50.0 Å². The second-order valence-electron chi connectivity index (χ2n) is 4.36. The Bertz CT molecular complexity index is 756. The molecule has 0 fully saturated rings. The van der Waals surface area contributed by atoms with Crippen LogP contribution >= 0.6 is 11.3 Å². The number of rotatable bonds is 5. The van der Waals surface area contributed by atoms with Gasteiger partial charge in [-0.25, -0.2) is 9.78 Å². The van der Waals surface area contributed by atoms with Gasteiger partial charge in [-0.3, -0.25) is 14.9 Å². The van der Waals surface area contributed by atoms with E-state index in [0.717, 1.165) is 11.3 Å². The largest absolute Gasteiger partial charge is 0.477 e. The van der Waals surface area contributed by atoms with Gasteiger partial charge >= 0.3 is 5.97 Å². The highest BCUT2D eigenvalue weighted by Gasteiger charge is 2.16. The predicted octanol–water partition coefficient (Wildman–Crippen LogP) is 2.24. The molecule has 22 heavy (non-hydrogen) atoms. The van der Waals surface area contributed by atoms with E-state index in [-0.39, 0.29) is 17.0 Å². The van der Waals surface area contributed by atoms with Crippen LogP contribution in [0, 0.1) is 17.0 Å². The zero-order valence-electron chi connectivity index (χ0n) is 11.4. The predicted molar refractivity (Wildman–Crippen MR) is 79.2 cm³/mol. The molecular formula is C13H11N3O5S. The van der Waals surface area contributed by atoms with E-state index in [2.05, 4.69) is 10.3 Å². The molecule has 0 aliphatic heterocycles. The number of carboxylic acids is 1. The van der Waals surface area contributed by atoms with E-state index in [1.165, 1.54) is 24.3 Å². The van der Waals surface area contributed by atoms with Crippen molar-refractivity contribution < 1.29 is 19.6 Å². The average Bonchev–Trinajstić information content (AvgIpc) is 2.79. The minimum Gasteiger partial charge on any atom is -0.477 e. The van der Waals surface area contributed by atoms with Crippen LogP contribution < -0.4 is 5.32 Å². The molecule has 1 aromatic carbocycles. The number of nitrogens with zero attached hydrogens (tertiary/aromatic N) is 2. The van der Waals surface area contributed by atoms with E-state index in [1.807, 2.05) is 0 Å². The van der Waals surface area contributed by atoms with Crippen LogP contribution in [0.15, 0.2) is 24.3 Å². The van der Waals surface area contributed by atoms with Crippen molar-refractivity contribution in [1.29, 1.82) is 0 Å². The molecule has 1 aromatic heterocycles. The Morgan fingerprint density at radius 2 is 2.18 bits per heavy atom. The number of hydrogen-bond donors (Lipinski definition) is 2. The molecule has 1 heterocycles. The van der Waals surface area contributed by atoms with E-state index < -0.39 is 16.8 Å². The lowest BCUT2D eigenvalue weighted by atomic mass is 10.2. The van der Waals surface area contributed by atoms with E-state index >= 15 is 0 Å². The molecule has 9 heteroatoms. The molecular weight excluding hydrogens is 310 g/mol. The summed E-state index contributed by atoms with van der Waals surface area (Å²) in [4.78, 5) is 37.0. The van der Waals surface area contributed by atoms with Crippen molar-refractivity contribution in [2.24, 2.45) is 0 Å². The zero-order chi connectivity index (χ0) is 16.3. The monoisotopic (exact) mass is 321 g/mol. The number of nitro benzene ring substituents is 1. The SMILES string of the molecule is Cc1nc(CC(=O)Nc2cccc([N+](=O)[O-])c2)sc1C(=O)O. The summed E-state index contributed by atoms with van der Waals surface area (Å²) in [5.74, 6) is -1.51. The number of hydrogen-bond acceptors (Lipinski definition) is 6. The molecule has 2 aromatic rings. The number of amides is 1. The fourth-order valence-electron chi connectivity index (χ4n) is 1.77. The van der Waals surface area contributed by atoms with Gasteiger partial charge in [0.25, 0.3) is 5.69 Å². The number of nitrogens with one attached hydrogen (secondary N) is 1. The number of non-ortho nitro benzene ring substituents is 1. The number of benzene rings is 1. The molecule has 0 unspecified atom stereocenters. The van der Waals surface area contributed by atoms with E-state index in [4.69, 9.17) is 5.11 Å². The van der Waals surface area contributed by atoms with Crippen molar-refractivity contribution in [1.82, 2.24) is 4.98 Å². The molecule has 0 bridgehead atoms. The summed E-state index contributed by atoms with van der Waals surface area (Å²) in [5.41, 5.74) is 0.526. The summed E-state index contributed by atoms with van der Waals surface area (Å²) in [6, 6.07) is 5.55. The number of anilines is 1.